The molecule has 0 atom stereocenters. The molecule has 1 aliphatic carbocycles. The number of hydrogen-bond acceptors (Lipinski definition) is 4. The number of likely N-dealkylation sites (tertiary alicyclic amines) is 1. The Labute approximate surface area is 126 Å². The fourth-order valence-corrected chi connectivity index (χ4v) is 3.14. The largest absolute Gasteiger partial charge is 0.497 e. The van der Waals surface area contributed by atoms with Gasteiger partial charge in [-0.25, -0.2) is 0 Å². The van der Waals surface area contributed by atoms with Crippen LogP contribution in [0, 0.1) is 5.92 Å². The highest BCUT2D eigenvalue weighted by Crippen LogP contribution is 2.38. The Morgan fingerprint density at radius 2 is 1.67 bits per heavy atom. The molecule has 3 rings (SSSR count). The third-order valence-corrected chi connectivity index (χ3v) is 4.79. The van der Waals surface area contributed by atoms with Crippen LogP contribution in [-0.2, 0) is 5.60 Å². The minimum Gasteiger partial charge on any atom is -0.497 e. The molecule has 0 amide bonds. The SMILES string of the molecule is COc1cc(OC)cc(C2(O)CCN(CC3CC3)CC2)c1. The molecule has 1 heterocycles. The average molecular weight is 291 g/mol. The van der Waals surface area contributed by atoms with Crippen molar-refractivity contribution in [1.82, 2.24) is 4.90 Å². The third-order valence-electron chi connectivity index (χ3n) is 4.79. The summed E-state index contributed by atoms with van der Waals surface area (Å²) in [5.74, 6) is 2.38. The molecule has 1 aromatic rings. The third kappa shape index (κ3) is 3.33. The van der Waals surface area contributed by atoms with Crippen molar-refractivity contribution in [3.63, 3.8) is 0 Å². The highest BCUT2D eigenvalue weighted by molar-refractivity contribution is 5.41. The molecular weight excluding hydrogens is 266 g/mol. The normalized spacial score (nSPS) is 22.0. The van der Waals surface area contributed by atoms with E-state index < -0.39 is 5.60 Å². The Bertz CT molecular complexity index is 469. The van der Waals surface area contributed by atoms with Crippen molar-refractivity contribution < 1.29 is 14.6 Å². The van der Waals surface area contributed by atoms with Gasteiger partial charge >= 0.3 is 0 Å². The van der Waals surface area contributed by atoms with Crippen molar-refractivity contribution in [3.05, 3.63) is 23.8 Å². The molecule has 0 bridgehead atoms. The first-order valence-corrected chi connectivity index (χ1v) is 7.81. The topological polar surface area (TPSA) is 41.9 Å². The predicted molar refractivity (Wildman–Crippen MR) is 81.8 cm³/mol. The van der Waals surface area contributed by atoms with Crippen LogP contribution in [0.1, 0.15) is 31.2 Å². The number of nitrogens with zero attached hydrogens (tertiary/aromatic N) is 1. The lowest BCUT2D eigenvalue weighted by Gasteiger charge is -2.38. The van der Waals surface area contributed by atoms with E-state index in [2.05, 4.69) is 4.90 Å². The number of rotatable bonds is 5. The molecule has 1 N–H and O–H groups in total. The van der Waals surface area contributed by atoms with Gasteiger partial charge in [0.15, 0.2) is 0 Å². The van der Waals surface area contributed by atoms with Crippen molar-refractivity contribution in [2.45, 2.75) is 31.3 Å². The summed E-state index contributed by atoms with van der Waals surface area (Å²) in [6, 6.07) is 5.70. The maximum Gasteiger partial charge on any atom is 0.122 e. The zero-order chi connectivity index (χ0) is 14.9. The Morgan fingerprint density at radius 3 is 2.14 bits per heavy atom. The first kappa shape index (κ1) is 14.7. The fourth-order valence-electron chi connectivity index (χ4n) is 3.14. The molecule has 116 valence electrons. The first-order chi connectivity index (χ1) is 10.1. The molecule has 0 radical (unpaired) electrons. The van der Waals surface area contributed by atoms with E-state index in [1.807, 2.05) is 18.2 Å². The van der Waals surface area contributed by atoms with Gasteiger partial charge in [0.2, 0.25) is 0 Å². The second kappa shape index (κ2) is 5.85. The van der Waals surface area contributed by atoms with E-state index in [0.29, 0.717) is 0 Å². The molecule has 21 heavy (non-hydrogen) atoms. The summed E-state index contributed by atoms with van der Waals surface area (Å²) in [6.07, 6.45) is 4.31. The zero-order valence-electron chi connectivity index (χ0n) is 13.0. The maximum atomic E-state index is 11.0. The second-order valence-electron chi connectivity index (χ2n) is 6.38. The first-order valence-electron chi connectivity index (χ1n) is 7.81. The van der Waals surface area contributed by atoms with Gasteiger partial charge in [0, 0.05) is 25.7 Å². The van der Waals surface area contributed by atoms with Gasteiger partial charge in [0.1, 0.15) is 11.5 Å². The van der Waals surface area contributed by atoms with Crippen molar-refractivity contribution in [3.8, 4) is 11.5 Å². The van der Waals surface area contributed by atoms with Gasteiger partial charge in [-0.15, -0.1) is 0 Å². The molecule has 2 fully saturated rings. The molecular formula is C17H25NO3. The summed E-state index contributed by atoms with van der Waals surface area (Å²) in [5, 5.41) is 11.0. The summed E-state index contributed by atoms with van der Waals surface area (Å²) in [4.78, 5) is 2.49. The Morgan fingerprint density at radius 1 is 1.10 bits per heavy atom. The lowest BCUT2D eigenvalue weighted by molar-refractivity contribution is -0.0269. The van der Waals surface area contributed by atoms with Crippen molar-refractivity contribution in [2.24, 2.45) is 5.92 Å². The van der Waals surface area contributed by atoms with E-state index in [-0.39, 0.29) is 0 Å². The standard InChI is InChI=1S/C17H25NO3/c1-20-15-9-14(10-16(11-15)21-2)17(19)5-7-18(8-6-17)12-13-3-4-13/h9-11,13,19H,3-8,12H2,1-2H3. The monoisotopic (exact) mass is 291 g/mol. The van der Waals surface area contributed by atoms with Crippen LogP contribution in [0.2, 0.25) is 0 Å². The summed E-state index contributed by atoms with van der Waals surface area (Å²) in [5.41, 5.74) is 0.145. The Hall–Kier alpha value is -1.26. The predicted octanol–water partition coefficient (Wildman–Crippen LogP) is 2.40. The van der Waals surface area contributed by atoms with Crippen LogP contribution >= 0.6 is 0 Å². The highest BCUT2D eigenvalue weighted by atomic mass is 16.5. The van der Waals surface area contributed by atoms with E-state index in [0.717, 1.165) is 48.9 Å². The van der Waals surface area contributed by atoms with Crippen molar-refractivity contribution in [1.29, 1.82) is 0 Å². The maximum absolute atomic E-state index is 11.0. The van der Waals surface area contributed by atoms with Crippen LogP contribution in [0.4, 0.5) is 0 Å². The zero-order valence-corrected chi connectivity index (χ0v) is 13.0. The van der Waals surface area contributed by atoms with Gasteiger partial charge in [-0.1, -0.05) is 0 Å². The van der Waals surface area contributed by atoms with Gasteiger partial charge in [-0.2, -0.15) is 0 Å². The summed E-state index contributed by atoms with van der Waals surface area (Å²) in [6.45, 7) is 3.14. The fraction of sp³-hybridized carbons (Fsp3) is 0.647. The van der Waals surface area contributed by atoms with Gasteiger partial charge in [-0.05, 0) is 49.3 Å². The van der Waals surface area contributed by atoms with Crippen LogP contribution in [0.5, 0.6) is 11.5 Å². The van der Waals surface area contributed by atoms with Crippen molar-refractivity contribution in [2.75, 3.05) is 33.9 Å². The van der Waals surface area contributed by atoms with Crippen LogP contribution < -0.4 is 9.47 Å². The Kier molecular flexibility index (Phi) is 4.09. The number of methoxy groups -OCH3 is 2. The summed E-state index contributed by atoms with van der Waals surface area (Å²) < 4.78 is 10.6. The smallest absolute Gasteiger partial charge is 0.122 e. The van der Waals surface area contributed by atoms with E-state index in [9.17, 15) is 5.11 Å². The molecule has 2 aliphatic rings. The van der Waals surface area contributed by atoms with E-state index in [4.69, 9.17) is 9.47 Å². The van der Waals surface area contributed by atoms with Gasteiger partial charge < -0.3 is 19.5 Å². The second-order valence-corrected chi connectivity index (χ2v) is 6.38. The number of aliphatic hydroxyl groups is 1. The van der Waals surface area contributed by atoms with Gasteiger partial charge in [-0.3, -0.25) is 0 Å². The average Bonchev–Trinajstić information content (AvgIpc) is 3.33. The quantitative estimate of drug-likeness (QED) is 0.904. The van der Waals surface area contributed by atoms with E-state index in [1.54, 1.807) is 14.2 Å². The lowest BCUT2D eigenvalue weighted by Crippen LogP contribution is -2.43. The number of hydrogen-bond donors (Lipinski definition) is 1. The number of ether oxygens (including phenoxy) is 2. The Balaban J connectivity index is 1.72. The van der Waals surface area contributed by atoms with Crippen LogP contribution in [-0.4, -0.2) is 43.9 Å². The summed E-state index contributed by atoms with van der Waals surface area (Å²) >= 11 is 0. The van der Waals surface area contributed by atoms with Crippen LogP contribution in [0.3, 0.4) is 0 Å². The van der Waals surface area contributed by atoms with E-state index >= 15 is 0 Å². The lowest BCUT2D eigenvalue weighted by atomic mass is 9.84. The number of benzene rings is 1. The highest BCUT2D eigenvalue weighted by Gasteiger charge is 2.36. The minimum atomic E-state index is -0.762. The molecule has 0 unspecified atom stereocenters. The molecule has 1 aliphatic heterocycles. The van der Waals surface area contributed by atoms with Gasteiger partial charge in [0.05, 0.1) is 19.8 Å². The molecule has 0 aromatic heterocycles. The molecule has 1 aromatic carbocycles. The molecule has 4 nitrogen and oxygen atoms in total. The molecule has 1 saturated heterocycles. The van der Waals surface area contributed by atoms with Crippen molar-refractivity contribution >= 4 is 0 Å². The minimum absolute atomic E-state index is 0.734. The molecule has 0 spiro atoms. The molecule has 4 heteroatoms. The summed E-state index contributed by atoms with van der Waals surface area (Å²) in [7, 11) is 3.28. The van der Waals surface area contributed by atoms with Gasteiger partial charge in [0.25, 0.3) is 0 Å². The van der Waals surface area contributed by atoms with Crippen LogP contribution in [0.15, 0.2) is 18.2 Å². The van der Waals surface area contributed by atoms with E-state index in [1.165, 1.54) is 19.4 Å². The van der Waals surface area contributed by atoms with Crippen LogP contribution in [0.25, 0.3) is 0 Å². The number of piperidine rings is 1. The molecule has 1 saturated carbocycles.